The molecule has 1 fully saturated rings. The lowest BCUT2D eigenvalue weighted by molar-refractivity contribution is 0.307. The Kier molecular flexibility index (Phi) is 8.75. The number of rotatable bonds is 11. The van der Waals surface area contributed by atoms with E-state index in [0.717, 1.165) is 0 Å². The molecule has 1 heterocycles. The Morgan fingerprint density at radius 1 is 0.778 bits per heavy atom. The van der Waals surface area contributed by atoms with Gasteiger partial charge in [-0.05, 0) is 32.2 Å². The third-order valence-electron chi connectivity index (χ3n) is 4.57. The molecule has 1 aliphatic heterocycles. The molecule has 0 aliphatic carbocycles. The summed E-state index contributed by atoms with van der Waals surface area (Å²) in [6.07, 6.45) is 18.5. The highest BCUT2D eigenvalue weighted by Crippen LogP contribution is 2.30. The van der Waals surface area contributed by atoms with Crippen molar-refractivity contribution >= 4 is 0 Å². The fourth-order valence-corrected chi connectivity index (χ4v) is 3.50. The lowest BCUT2D eigenvalue weighted by Crippen LogP contribution is -2.39. The van der Waals surface area contributed by atoms with Crippen molar-refractivity contribution in [2.75, 3.05) is 6.54 Å². The molecule has 0 aromatic heterocycles. The maximum Gasteiger partial charge on any atom is 0.0181 e. The first-order valence-electron chi connectivity index (χ1n) is 8.58. The van der Waals surface area contributed by atoms with Gasteiger partial charge in [-0.2, -0.15) is 0 Å². The molecule has 1 N–H and O–H groups in total. The largest absolute Gasteiger partial charge is 0.311 e. The summed E-state index contributed by atoms with van der Waals surface area (Å²) in [5, 5.41) is 3.79. The second kappa shape index (κ2) is 9.83. The molecule has 0 saturated carbocycles. The van der Waals surface area contributed by atoms with Crippen molar-refractivity contribution in [3.8, 4) is 0 Å². The molecule has 1 heteroatoms. The zero-order valence-corrected chi connectivity index (χ0v) is 12.9. The van der Waals surface area contributed by atoms with E-state index >= 15 is 0 Å². The Morgan fingerprint density at radius 3 is 2.00 bits per heavy atom. The summed E-state index contributed by atoms with van der Waals surface area (Å²) in [6.45, 7) is 5.88. The first kappa shape index (κ1) is 16.0. The minimum Gasteiger partial charge on any atom is -0.311 e. The minimum absolute atomic E-state index is 0.539. The second-order valence-electron chi connectivity index (χ2n) is 6.29. The molecule has 18 heavy (non-hydrogen) atoms. The van der Waals surface area contributed by atoms with E-state index in [1.807, 2.05) is 0 Å². The molecular weight excluding hydrogens is 218 g/mol. The molecule has 108 valence electrons. The molecule has 0 bridgehead atoms. The predicted molar refractivity (Wildman–Crippen MR) is 82.1 cm³/mol. The van der Waals surface area contributed by atoms with Crippen LogP contribution < -0.4 is 5.32 Å². The summed E-state index contributed by atoms with van der Waals surface area (Å²) in [7, 11) is 0. The van der Waals surface area contributed by atoms with E-state index in [2.05, 4.69) is 19.2 Å². The Morgan fingerprint density at radius 2 is 1.44 bits per heavy atom. The standard InChI is InChI=1S/C17H35N/c1-3-5-6-7-8-9-10-11-14-17(13-4-2)15-12-16-18-17/h18H,3-16H2,1-2H3. The second-order valence-corrected chi connectivity index (χ2v) is 6.29. The molecule has 1 saturated heterocycles. The minimum atomic E-state index is 0.539. The van der Waals surface area contributed by atoms with Gasteiger partial charge in [0.05, 0.1) is 0 Å². The van der Waals surface area contributed by atoms with E-state index in [0.29, 0.717) is 5.54 Å². The van der Waals surface area contributed by atoms with Crippen molar-refractivity contribution in [1.82, 2.24) is 5.32 Å². The molecule has 1 aliphatic rings. The molecule has 1 nitrogen and oxygen atoms in total. The summed E-state index contributed by atoms with van der Waals surface area (Å²) < 4.78 is 0. The topological polar surface area (TPSA) is 12.0 Å². The highest BCUT2D eigenvalue weighted by atomic mass is 15.0. The van der Waals surface area contributed by atoms with Gasteiger partial charge in [0.2, 0.25) is 0 Å². The van der Waals surface area contributed by atoms with E-state index in [1.54, 1.807) is 0 Å². The van der Waals surface area contributed by atoms with E-state index in [4.69, 9.17) is 0 Å². The average Bonchev–Trinajstić information content (AvgIpc) is 2.82. The molecule has 1 atom stereocenters. The lowest BCUT2D eigenvalue weighted by Gasteiger charge is -2.29. The average molecular weight is 253 g/mol. The summed E-state index contributed by atoms with van der Waals surface area (Å²) in [6, 6.07) is 0. The Hall–Kier alpha value is -0.0400. The summed E-state index contributed by atoms with van der Waals surface area (Å²) >= 11 is 0. The monoisotopic (exact) mass is 253 g/mol. The molecular formula is C17H35N. The third-order valence-corrected chi connectivity index (χ3v) is 4.57. The zero-order valence-electron chi connectivity index (χ0n) is 12.9. The van der Waals surface area contributed by atoms with E-state index < -0.39 is 0 Å². The zero-order chi connectivity index (χ0) is 13.1. The molecule has 1 rings (SSSR count). The fraction of sp³-hybridized carbons (Fsp3) is 1.00. The number of unbranched alkanes of at least 4 members (excludes halogenated alkanes) is 7. The normalized spacial score (nSPS) is 23.7. The van der Waals surface area contributed by atoms with Gasteiger partial charge in [-0.1, -0.05) is 71.6 Å². The maximum atomic E-state index is 3.79. The van der Waals surface area contributed by atoms with Crippen molar-refractivity contribution in [2.24, 2.45) is 0 Å². The van der Waals surface area contributed by atoms with Crippen LogP contribution in [0.25, 0.3) is 0 Å². The van der Waals surface area contributed by atoms with Gasteiger partial charge >= 0.3 is 0 Å². The quantitative estimate of drug-likeness (QED) is 0.483. The number of hydrogen-bond donors (Lipinski definition) is 1. The molecule has 0 spiro atoms. The Balaban J connectivity index is 1.98. The first-order chi connectivity index (χ1) is 8.83. The highest BCUT2D eigenvalue weighted by Gasteiger charge is 2.31. The van der Waals surface area contributed by atoms with Crippen LogP contribution in [0.3, 0.4) is 0 Å². The van der Waals surface area contributed by atoms with Crippen LogP contribution in [0, 0.1) is 0 Å². The smallest absolute Gasteiger partial charge is 0.0181 e. The van der Waals surface area contributed by atoms with Gasteiger partial charge in [0, 0.05) is 5.54 Å². The van der Waals surface area contributed by atoms with Crippen molar-refractivity contribution < 1.29 is 0 Å². The number of hydrogen-bond acceptors (Lipinski definition) is 1. The van der Waals surface area contributed by atoms with Gasteiger partial charge in [-0.3, -0.25) is 0 Å². The van der Waals surface area contributed by atoms with Gasteiger partial charge < -0.3 is 5.32 Å². The number of nitrogens with one attached hydrogen (secondary N) is 1. The van der Waals surface area contributed by atoms with Crippen molar-refractivity contribution in [3.05, 3.63) is 0 Å². The SMILES string of the molecule is CCCCCCCCCCC1(CCC)CCCN1. The van der Waals surface area contributed by atoms with Crippen LogP contribution in [-0.4, -0.2) is 12.1 Å². The van der Waals surface area contributed by atoms with E-state index in [1.165, 1.54) is 90.0 Å². The molecule has 0 aromatic carbocycles. The van der Waals surface area contributed by atoms with Crippen LogP contribution in [0.2, 0.25) is 0 Å². The van der Waals surface area contributed by atoms with Crippen molar-refractivity contribution in [2.45, 2.75) is 103 Å². The lowest BCUT2D eigenvalue weighted by atomic mass is 9.86. The molecule has 0 aromatic rings. The fourth-order valence-electron chi connectivity index (χ4n) is 3.50. The van der Waals surface area contributed by atoms with Gasteiger partial charge in [-0.15, -0.1) is 0 Å². The first-order valence-corrected chi connectivity index (χ1v) is 8.58. The summed E-state index contributed by atoms with van der Waals surface area (Å²) in [5.41, 5.74) is 0.539. The van der Waals surface area contributed by atoms with Crippen LogP contribution in [0.4, 0.5) is 0 Å². The summed E-state index contributed by atoms with van der Waals surface area (Å²) in [4.78, 5) is 0. The molecule has 0 amide bonds. The van der Waals surface area contributed by atoms with Gasteiger partial charge in [0.15, 0.2) is 0 Å². The maximum absolute atomic E-state index is 3.79. The van der Waals surface area contributed by atoms with E-state index in [9.17, 15) is 0 Å². The van der Waals surface area contributed by atoms with Gasteiger partial charge in [-0.25, -0.2) is 0 Å². The van der Waals surface area contributed by atoms with Gasteiger partial charge in [0.25, 0.3) is 0 Å². The third kappa shape index (κ3) is 6.22. The van der Waals surface area contributed by atoms with Crippen LogP contribution in [0.1, 0.15) is 97.3 Å². The summed E-state index contributed by atoms with van der Waals surface area (Å²) in [5.74, 6) is 0. The van der Waals surface area contributed by atoms with Crippen LogP contribution in [0.5, 0.6) is 0 Å². The van der Waals surface area contributed by atoms with E-state index in [-0.39, 0.29) is 0 Å². The van der Waals surface area contributed by atoms with Gasteiger partial charge in [0.1, 0.15) is 0 Å². The Bertz CT molecular complexity index is 182. The van der Waals surface area contributed by atoms with Crippen LogP contribution in [0.15, 0.2) is 0 Å². The molecule has 0 radical (unpaired) electrons. The highest BCUT2D eigenvalue weighted by molar-refractivity contribution is 4.92. The van der Waals surface area contributed by atoms with Crippen molar-refractivity contribution in [3.63, 3.8) is 0 Å². The Labute approximate surface area is 115 Å². The van der Waals surface area contributed by atoms with Crippen LogP contribution in [-0.2, 0) is 0 Å². The van der Waals surface area contributed by atoms with Crippen molar-refractivity contribution in [1.29, 1.82) is 0 Å². The predicted octanol–water partition coefficient (Wildman–Crippen LogP) is 5.44. The molecule has 1 unspecified atom stereocenters. The van der Waals surface area contributed by atoms with Crippen LogP contribution >= 0.6 is 0 Å².